The highest BCUT2D eigenvalue weighted by Gasteiger charge is 2.16. The van der Waals surface area contributed by atoms with Gasteiger partial charge in [-0.15, -0.1) is 0 Å². The molecule has 6 nitrogen and oxygen atoms in total. The number of rotatable bonds is 4. The standard InChI is InChI=1S/C18H22N4O2/c1-13-3-2-10-22(11-13)12-14-4-6-15(7-5-14)19-18(24)16-8-9-17(23)21-20-16/h4-9,13H,2-3,10-12H2,1H3,(H,19,24)(H,21,23)/t13-/m1/s1. The molecule has 0 saturated carbocycles. The van der Waals surface area contributed by atoms with Crippen LogP contribution in [0.25, 0.3) is 0 Å². The van der Waals surface area contributed by atoms with Crippen molar-refractivity contribution in [2.75, 3.05) is 18.4 Å². The van der Waals surface area contributed by atoms with Crippen LogP contribution in [0.2, 0.25) is 0 Å². The van der Waals surface area contributed by atoms with Crippen LogP contribution >= 0.6 is 0 Å². The number of amides is 1. The maximum Gasteiger partial charge on any atom is 0.276 e. The fourth-order valence-electron chi connectivity index (χ4n) is 3.05. The Bertz CT molecular complexity index is 734. The Balaban J connectivity index is 1.59. The third kappa shape index (κ3) is 4.29. The summed E-state index contributed by atoms with van der Waals surface area (Å²) in [6, 6.07) is 10.5. The number of anilines is 1. The SMILES string of the molecule is C[C@@H]1CCCN(Cc2ccc(NC(=O)c3ccc(=O)[nH]n3)cc2)C1. The van der Waals surface area contributed by atoms with E-state index in [1.807, 2.05) is 24.3 Å². The van der Waals surface area contributed by atoms with E-state index in [4.69, 9.17) is 0 Å². The van der Waals surface area contributed by atoms with E-state index in [0.29, 0.717) is 5.69 Å². The topological polar surface area (TPSA) is 78.1 Å². The Hall–Kier alpha value is -2.47. The first kappa shape index (κ1) is 16.4. The van der Waals surface area contributed by atoms with Crippen LogP contribution in [0.4, 0.5) is 5.69 Å². The van der Waals surface area contributed by atoms with Crippen LogP contribution in [0.3, 0.4) is 0 Å². The largest absolute Gasteiger partial charge is 0.321 e. The van der Waals surface area contributed by atoms with Crippen LogP contribution in [0.1, 0.15) is 35.8 Å². The van der Waals surface area contributed by atoms with E-state index >= 15 is 0 Å². The first-order valence-electron chi connectivity index (χ1n) is 8.28. The van der Waals surface area contributed by atoms with E-state index in [0.717, 1.165) is 25.6 Å². The van der Waals surface area contributed by atoms with Gasteiger partial charge in [0.05, 0.1) is 0 Å². The van der Waals surface area contributed by atoms with Gasteiger partial charge in [-0.1, -0.05) is 19.1 Å². The lowest BCUT2D eigenvalue weighted by Gasteiger charge is -2.30. The van der Waals surface area contributed by atoms with Crippen LogP contribution in [-0.4, -0.2) is 34.1 Å². The number of nitrogens with zero attached hydrogens (tertiary/aromatic N) is 2. The molecule has 1 amide bonds. The number of hydrogen-bond acceptors (Lipinski definition) is 4. The second-order valence-corrected chi connectivity index (χ2v) is 6.44. The second kappa shape index (κ2) is 7.40. The van der Waals surface area contributed by atoms with Crippen molar-refractivity contribution in [3.05, 3.63) is 58.0 Å². The molecular weight excluding hydrogens is 304 g/mol. The van der Waals surface area contributed by atoms with Crippen LogP contribution < -0.4 is 10.9 Å². The van der Waals surface area contributed by atoms with Crippen molar-refractivity contribution in [3.63, 3.8) is 0 Å². The van der Waals surface area contributed by atoms with Gasteiger partial charge in [0, 0.05) is 24.8 Å². The monoisotopic (exact) mass is 326 g/mol. The molecule has 1 aromatic heterocycles. The molecule has 1 fully saturated rings. The van der Waals surface area contributed by atoms with Crippen molar-refractivity contribution >= 4 is 11.6 Å². The predicted octanol–water partition coefficient (Wildman–Crippen LogP) is 2.25. The number of carbonyl (C=O) groups excluding carboxylic acids is 1. The highest BCUT2D eigenvalue weighted by Crippen LogP contribution is 2.19. The number of likely N-dealkylation sites (tertiary alicyclic amines) is 1. The molecule has 2 heterocycles. The van der Waals surface area contributed by atoms with Crippen molar-refractivity contribution < 1.29 is 4.79 Å². The third-order valence-electron chi connectivity index (χ3n) is 4.27. The molecule has 1 aliphatic heterocycles. The van der Waals surface area contributed by atoms with Gasteiger partial charge in [-0.2, -0.15) is 5.10 Å². The average molecular weight is 326 g/mol. The number of benzene rings is 1. The maximum atomic E-state index is 12.1. The molecule has 0 radical (unpaired) electrons. The molecule has 0 unspecified atom stereocenters. The second-order valence-electron chi connectivity index (χ2n) is 6.44. The lowest BCUT2D eigenvalue weighted by molar-refractivity contribution is 0.102. The summed E-state index contributed by atoms with van der Waals surface area (Å²) < 4.78 is 0. The smallest absolute Gasteiger partial charge is 0.276 e. The molecule has 1 atom stereocenters. The number of aromatic nitrogens is 2. The molecule has 1 aliphatic rings. The Kier molecular flexibility index (Phi) is 5.05. The zero-order valence-corrected chi connectivity index (χ0v) is 13.8. The van der Waals surface area contributed by atoms with Crippen LogP contribution in [0, 0.1) is 5.92 Å². The molecule has 2 N–H and O–H groups in total. The maximum absolute atomic E-state index is 12.1. The van der Waals surface area contributed by atoms with Crippen molar-refractivity contribution in [3.8, 4) is 0 Å². The van der Waals surface area contributed by atoms with Gasteiger partial charge < -0.3 is 5.32 Å². The first-order valence-corrected chi connectivity index (χ1v) is 8.28. The summed E-state index contributed by atoms with van der Waals surface area (Å²) in [5.74, 6) is 0.422. The Morgan fingerprint density at radius 3 is 2.75 bits per heavy atom. The van der Waals surface area contributed by atoms with Gasteiger partial charge in [0.15, 0.2) is 0 Å². The lowest BCUT2D eigenvalue weighted by atomic mass is 10.00. The predicted molar refractivity (Wildman–Crippen MR) is 92.9 cm³/mol. The molecule has 126 valence electrons. The van der Waals surface area contributed by atoms with Gasteiger partial charge in [-0.25, -0.2) is 5.10 Å². The summed E-state index contributed by atoms with van der Waals surface area (Å²) in [5.41, 5.74) is 1.80. The molecule has 0 spiro atoms. The summed E-state index contributed by atoms with van der Waals surface area (Å²) in [7, 11) is 0. The molecule has 0 bridgehead atoms. The Morgan fingerprint density at radius 1 is 1.29 bits per heavy atom. The average Bonchev–Trinajstić information content (AvgIpc) is 2.57. The van der Waals surface area contributed by atoms with Crippen LogP contribution in [-0.2, 0) is 6.54 Å². The zero-order valence-electron chi connectivity index (χ0n) is 13.8. The quantitative estimate of drug-likeness (QED) is 0.903. The molecule has 24 heavy (non-hydrogen) atoms. The minimum atomic E-state index is -0.344. The molecular formula is C18H22N4O2. The van der Waals surface area contributed by atoms with Crippen molar-refractivity contribution in [2.45, 2.75) is 26.3 Å². The van der Waals surface area contributed by atoms with E-state index in [9.17, 15) is 9.59 Å². The molecule has 2 aromatic rings. The van der Waals surface area contributed by atoms with Gasteiger partial charge in [0.2, 0.25) is 0 Å². The number of carbonyl (C=O) groups is 1. The summed E-state index contributed by atoms with van der Waals surface area (Å²) in [4.78, 5) is 25.5. The third-order valence-corrected chi connectivity index (χ3v) is 4.27. The number of aromatic amines is 1. The zero-order chi connectivity index (χ0) is 16.9. The van der Waals surface area contributed by atoms with E-state index in [1.54, 1.807) is 0 Å². The van der Waals surface area contributed by atoms with Gasteiger partial charge in [0.1, 0.15) is 5.69 Å². The van der Waals surface area contributed by atoms with E-state index in [2.05, 4.69) is 27.3 Å². The van der Waals surface area contributed by atoms with Crippen molar-refractivity contribution in [2.24, 2.45) is 5.92 Å². The highest BCUT2D eigenvalue weighted by atomic mass is 16.2. The Labute approximate surface area is 140 Å². The summed E-state index contributed by atoms with van der Waals surface area (Å²) in [6.45, 7) is 5.55. The molecule has 1 aromatic carbocycles. The summed E-state index contributed by atoms with van der Waals surface area (Å²) in [5, 5.41) is 8.75. The highest BCUT2D eigenvalue weighted by molar-refractivity contribution is 6.02. The normalized spacial score (nSPS) is 18.3. The first-order chi connectivity index (χ1) is 11.6. The minimum Gasteiger partial charge on any atom is -0.321 e. The number of H-pyrrole nitrogens is 1. The molecule has 6 heteroatoms. The van der Waals surface area contributed by atoms with Crippen molar-refractivity contribution in [1.29, 1.82) is 0 Å². The minimum absolute atomic E-state index is 0.181. The number of hydrogen-bond donors (Lipinski definition) is 2. The van der Waals surface area contributed by atoms with Gasteiger partial charge >= 0.3 is 0 Å². The molecule has 1 saturated heterocycles. The fraction of sp³-hybridized carbons (Fsp3) is 0.389. The number of piperidine rings is 1. The van der Waals surface area contributed by atoms with E-state index < -0.39 is 0 Å². The Morgan fingerprint density at radius 2 is 2.08 bits per heavy atom. The van der Waals surface area contributed by atoms with Gasteiger partial charge in [-0.3, -0.25) is 14.5 Å². The van der Waals surface area contributed by atoms with Crippen LogP contribution in [0.5, 0.6) is 0 Å². The lowest BCUT2D eigenvalue weighted by Crippen LogP contribution is -2.33. The van der Waals surface area contributed by atoms with Crippen molar-refractivity contribution in [1.82, 2.24) is 15.1 Å². The van der Waals surface area contributed by atoms with Gasteiger partial charge in [-0.05, 0) is 49.1 Å². The van der Waals surface area contributed by atoms with Crippen LogP contribution in [0.15, 0.2) is 41.2 Å². The van der Waals surface area contributed by atoms with E-state index in [1.165, 1.54) is 30.5 Å². The fourth-order valence-corrected chi connectivity index (χ4v) is 3.05. The molecule has 3 rings (SSSR count). The van der Waals surface area contributed by atoms with E-state index in [-0.39, 0.29) is 17.2 Å². The summed E-state index contributed by atoms with van der Waals surface area (Å²) in [6.07, 6.45) is 2.59. The number of nitrogens with one attached hydrogen (secondary N) is 2. The van der Waals surface area contributed by atoms with Gasteiger partial charge in [0.25, 0.3) is 11.5 Å². The summed E-state index contributed by atoms with van der Waals surface area (Å²) >= 11 is 0. The molecule has 0 aliphatic carbocycles.